The zero-order valence-corrected chi connectivity index (χ0v) is 11.1. The van der Waals surface area contributed by atoms with Gasteiger partial charge >= 0.3 is 0 Å². The Labute approximate surface area is 106 Å². The molecule has 0 saturated heterocycles. The molecular weight excluding hydrogens is 264 g/mol. The van der Waals surface area contributed by atoms with Crippen LogP contribution >= 0.6 is 11.6 Å². The first-order valence-electron chi connectivity index (χ1n) is 5.08. The van der Waals surface area contributed by atoms with Gasteiger partial charge in [-0.15, -0.1) is 0 Å². The quantitative estimate of drug-likeness (QED) is 0.791. The van der Waals surface area contributed by atoms with E-state index in [-0.39, 0.29) is 16.7 Å². The fourth-order valence-corrected chi connectivity index (χ4v) is 2.21. The predicted molar refractivity (Wildman–Crippen MR) is 66.3 cm³/mol. The van der Waals surface area contributed by atoms with Crippen molar-refractivity contribution in [3.63, 3.8) is 0 Å². The van der Waals surface area contributed by atoms with Crippen LogP contribution in [0.15, 0.2) is 33.3 Å². The number of halogens is 1. The summed E-state index contributed by atoms with van der Waals surface area (Å²) in [6, 6.07) is 3.03. The monoisotopic (exact) mass is 278 g/mol. The highest BCUT2D eigenvalue weighted by Crippen LogP contribution is 2.13. The van der Waals surface area contributed by atoms with E-state index in [9.17, 15) is 8.42 Å². The Morgan fingerprint density at radius 1 is 1.53 bits per heavy atom. The van der Waals surface area contributed by atoms with Crippen molar-refractivity contribution in [2.24, 2.45) is 0 Å². The van der Waals surface area contributed by atoms with Crippen molar-refractivity contribution in [1.82, 2.24) is 10.0 Å². The van der Waals surface area contributed by atoms with Gasteiger partial charge in [0.1, 0.15) is 5.76 Å². The highest BCUT2D eigenvalue weighted by molar-refractivity contribution is 7.89. The Bertz CT molecular complexity index is 481. The predicted octanol–water partition coefficient (Wildman–Crippen LogP) is 1.42. The average molecular weight is 279 g/mol. The first kappa shape index (κ1) is 14.2. The summed E-state index contributed by atoms with van der Waals surface area (Å²) in [5.41, 5.74) is 0. The van der Waals surface area contributed by atoms with Crippen molar-refractivity contribution in [1.29, 1.82) is 0 Å². The fraction of sp³-hybridized carbons (Fsp3) is 0.400. The lowest BCUT2D eigenvalue weighted by Gasteiger charge is -2.02. The minimum absolute atomic E-state index is 0.0207. The van der Waals surface area contributed by atoms with Crippen LogP contribution in [0.25, 0.3) is 0 Å². The second-order valence-corrected chi connectivity index (χ2v) is 5.58. The van der Waals surface area contributed by atoms with E-state index in [4.69, 9.17) is 16.0 Å². The first-order chi connectivity index (χ1) is 7.95. The van der Waals surface area contributed by atoms with Gasteiger partial charge in [0.05, 0.1) is 6.54 Å². The van der Waals surface area contributed by atoms with Crippen molar-refractivity contribution in [3.05, 3.63) is 29.5 Å². The molecule has 0 amide bonds. The summed E-state index contributed by atoms with van der Waals surface area (Å²) in [5.74, 6) is 0.567. The van der Waals surface area contributed by atoms with Gasteiger partial charge in [-0.3, -0.25) is 0 Å². The average Bonchev–Trinajstić information content (AvgIpc) is 2.73. The van der Waals surface area contributed by atoms with Gasteiger partial charge in [-0.2, -0.15) is 0 Å². The number of rotatable bonds is 7. The van der Waals surface area contributed by atoms with E-state index in [0.29, 0.717) is 12.3 Å². The van der Waals surface area contributed by atoms with Gasteiger partial charge in [0, 0.05) is 11.6 Å². The Kier molecular flexibility index (Phi) is 5.20. The SMILES string of the molecule is C=C(Cl)CNS(=O)(=O)c1ccc(CNCC)o1. The molecule has 0 bridgehead atoms. The molecular formula is C10H15ClN2O3S. The molecule has 96 valence electrons. The maximum absolute atomic E-state index is 11.7. The molecule has 0 aromatic carbocycles. The third kappa shape index (κ3) is 4.51. The van der Waals surface area contributed by atoms with E-state index in [1.807, 2.05) is 6.92 Å². The van der Waals surface area contributed by atoms with Gasteiger partial charge in [-0.25, -0.2) is 13.1 Å². The van der Waals surface area contributed by atoms with Crippen molar-refractivity contribution in [2.75, 3.05) is 13.1 Å². The zero-order valence-electron chi connectivity index (χ0n) is 9.49. The minimum Gasteiger partial charge on any atom is -0.447 e. The van der Waals surface area contributed by atoms with Crippen LogP contribution in [0.1, 0.15) is 12.7 Å². The maximum atomic E-state index is 11.7. The number of hydrogen-bond acceptors (Lipinski definition) is 4. The van der Waals surface area contributed by atoms with E-state index < -0.39 is 10.0 Å². The van der Waals surface area contributed by atoms with Crippen LogP contribution in [-0.2, 0) is 16.6 Å². The highest BCUT2D eigenvalue weighted by atomic mass is 35.5. The zero-order chi connectivity index (χ0) is 12.9. The maximum Gasteiger partial charge on any atom is 0.274 e. The Morgan fingerprint density at radius 3 is 2.82 bits per heavy atom. The molecule has 7 heteroatoms. The van der Waals surface area contributed by atoms with E-state index >= 15 is 0 Å². The number of hydrogen-bond donors (Lipinski definition) is 2. The van der Waals surface area contributed by atoms with Gasteiger partial charge < -0.3 is 9.73 Å². The van der Waals surface area contributed by atoms with Crippen LogP contribution in [0.2, 0.25) is 0 Å². The Hall–Kier alpha value is -0.820. The molecule has 0 aliphatic heterocycles. The van der Waals surface area contributed by atoms with Crippen LogP contribution in [-0.4, -0.2) is 21.5 Å². The van der Waals surface area contributed by atoms with Gasteiger partial charge in [-0.05, 0) is 18.7 Å². The molecule has 0 unspecified atom stereocenters. The number of furan rings is 1. The Balaban J connectivity index is 2.71. The second kappa shape index (κ2) is 6.20. The van der Waals surface area contributed by atoms with Crippen LogP contribution in [0, 0.1) is 0 Å². The molecule has 0 saturated carbocycles. The fourth-order valence-electron chi connectivity index (χ4n) is 1.09. The third-order valence-electron chi connectivity index (χ3n) is 1.91. The van der Waals surface area contributed by atoms with Gasteiger partial charge in [0.2, 0.25) is 5.09 Å². The van der Waals surface area contributed by atoms with E-state index in [0.717, 1.165) is 6.54 Å². The minimum atomic E-state index is -3.65. The lowest BCUT2D eigenvalue weighted by molar-refractivity contribution is 0.402. The van der Waals surface area contributed by atoms with Crippen LogP contribution in [0.5, 0.6) is 0 Å². The summed E-state index contributed by atoms with van der Waals surface area (Å²) in [6.07, 6.45) is 0. The molecule has 0 spiro atoms. The standard InChI is InChI=1S/C10H15ClN2O3S/c1-3-12-7-9-4-5-10(16-9)17(14,15)13-6-8(2)11/h4-5,12-13H,2-3,6-7H2,1H3. The molecule has 0 aliphatic carbocycles. The number of sulfonamides is 1. The summed E-state index contributed by atoms with van der Waals surface area (Å²) in [4.78, 5) is 0. The van der Waals surface area contributed by atoms with Crippen molar-refractivity contribution >= 4 is 21.6 Å². The summed E-state index contributed by atoms with van der Waals surface area (Å²) >= 11 is 5.48. The second-order valence-electron chi connectivity index (χ2n) is 3.34. The molecule has 0 aliphatic rings. The molecule has 0 radical (unpaired) electrons. The van der Waals surface area contributed by atoms with Gasteiger partial charge in [0.15, 0.2) is 0 Å². The Morgan fingerprint density at radius 2 is 2.24 bits per heavy atom. The summed E-state index contributed by atoms with van der Waals surface area (Å²) < 4.78 is 30.9. The van der Waals surface area contributed by atoms with Crippen LogP contribution in [0.3, 0.4) is 0 Å². The molecule has 17 heavy (non-hydrogen) atoms. The molecule has 0 atom stereocenters. The van der Waals surface area contributed by atoms with Gasteiger partial charge in [-0.1, -0.05) is 25.1 Å². The van der Waals surface area contributed by atoms with Gasteiger partial charge in [0.25, 0.3) is 10.0 Å². The van der Waals surface area contributed by atoms with Crippen molar-refractivity contribution < 1.29 is 12.8 Å². The lowest BCUT2D eigenvalue weighted by atomic mass is 10.4. The van der Waals surface area contributed by atoms with E-state index in [1.165, 1.54) is 6.07 Å². The first-order valence-corrected chi connectivity index (χ1v) is 6.94. The summed E-state index contributed by atoms with van der Waals surface area (Å²) in [6.45, 7) is 6.61. The third-order valence-corrected chi connectivity index (χ3v) is 3.31. The van der Waals surface area contributed by atoms with E-state index in [2.05, 4.69) is 16.6 Å². The lowest BCUT2D eigenvalue weighted by Crippen LogP contribution is -2.24. The molecule has 1 heterocycles. The molecule has 2 N–H and O–H groups in total. The molecule has 5 nitrogen and oxygen atoms in total. The topological polar surface area (TPSA) is 71.3 Å². The highest BCUT2D eigenvalue weighted by Gasteiger charge is 2.18. The number of nitrogens with one attached hydrogen (secondary N) is 2. The van der Waals surface area contributed by atoms with Crippen molar-refractivity contribution in [2.45, 2.75) is 18.6 Å². The van der Waals surface area contributed by atoms with Crippen LogP contribution < -0.4 is 10.0 Å². The summed E-state index contributed by atoms with van der Waals surface area (Å²) in [5, 5.41) is 3.13. The molecule has 0 fully saturated rings. The smallest absolute Gasteiger partial charge is 0.274 e. The van der Waals surface area contributed by atoms with E-state index in [1.54, 1.807) is 6.07 Å². The molecule has 1 aromatic heterocycles. The molecule has 1 aromatic rings. The molecule has 1 rings (SSSR count). The normalized spacial score (nSPS) is 11.6. The van der Waals surface area contributed by atoms with Crippen molar-refractivity contribution in [3.8, 4) is 0 Å². The summed E-state index contributed by atoms with van der Waals surface area (Å²) in [7, 11) is -3.65. The largest absolute Gasteiger partial charge is 0.447 e. The van der Waals surface area contributed by atoms with Crippen LogP contribution in [0.4, 0.5) is 0 Å².